The topological polar surface area (TPSA) is 89.3 Å². The first-order valence-electron chi connectivity index (χ1n) is 11.3. The highest BCUT2D eigenvalue weighted by Gasteiger charge is 2.28. The molecule has 1 aromatic heterocycles. The molecule has 0 bridgehead atoms. The quantitative estimate of drug-likeness (QED) is 0.429. The third-order valence-corrected chi connectivity index (χ3v) is 5.64. The second kappa shape index (κ2) is 10.4. The van der Waals surface area contributed by atoms with Crippen LogP contribution < -0.4 is 14.4 Å². The number of ketones is 1. The number of carbonyl (C=O) groups is 3. The minimum atomic E-state index is -0.399. The fraction of sp³-hybridized carbons (Fsp3) is 0.269. The molecule has 0 atom stereocenters. The number of hydrogen-bond acceptors (Lipinski definition) is 6. The van der Waals surface area contributed by atoms with Gasteiger partial charge in [-0.3, -0.25) is 19.3 Å². The van der Waals surface area contributed by atoms with E-state index in [1.807, 2.05) is 13.8 Å². The van der Waals surface area contributed by atoms with E-state index in [0.717, 1.165) is 0 Å². The Morgan fingerprint density at radius 1 is 1.06 bits per heavy atom. The molecule has 1 aliphatic rings. The summed E-state index contributed by atoms with van der Waals surface area (Å²) in [6.45, 7) is 4.56. The lowest BCUT2D eigenvalue weighted by atomic mass is 10.1. The average Bonchev–Trinajstić information content (AvgIpc) is 3.34. The van der Waals surface area contributed by atoms with Crippen molar-refractivity contribution >= 4 is 23.3 Å². The van der Waals surface area contributed by atoms with Crippen LogP contribution in [0, 0.1) is 5.82 Å². The van der Waals surface area contributed by atoms with Crippen molar-refractivity contribution in [3.8, 4) is 11.5 Å². The Balaban J connectivity index is 1.50. The van der Waals surface area contributed by atoms with E-state index in [1.54, 1.807) is 35.2 Å². The summed E-state index contributed by atoms with van der Waals surface area (Å²) in [5.41, 5.74) is 0.743. The number of Topliss-reactive ketones (excluding diaryl/α,β-unsaturated/α-hetero) is 1. The van der Waals surface area contributed by atoms with Crippen molar-refractivity contribution in [1.29, 1.82) is 0 Å². The fourth-order valence-electron chi connectivity index (χ4n) is 3.71. The van der Waals surface area contributed by atoms with Crippen LogP contribution in [0.1, 0.15) is 40.5 Å². The van der Waals surface area contributed by atoms with Gasteiger partial charge in [0.1, 0.15) is 23.1 Å². The van der Waals surface area contributed by atoms with Crippen molar-refractivity contribution in [2.45, 2.75) is 20.4 Å². The summed E-state index contributed by atoms with van der Waals surface area (Å²) >= 11 is 0. The second-order valence-corrected chi connectivity index (χ2v) is 7.86. The molecule has 0 unspecified atom stereocenters. The van der Waals surface area contributed by atoms with Crippen molar-refractivity contribution in [3.05, 3.63) is 77.5 Å². The number of benzene rings is 2. The number of rotatable bonds is 9. The van der Waals surface area contributed by atoms with Gasteiger partial charge in [0.2, 0.25) is 0 Å². The van der Waals surface area contributed by atoms with Crippen LogP contribution >= 0.6 is 0 Å². The van der Waals surface area contributed by atoms with Gasteiger partial charge in [0.05, 0.1) is 12.2 Å². The summed E-state index contributed by atoms with van der Waals surface area (Å²) in [5.74, 6) is 0.202. The van der Waals surface area contributed by atoms with Gasteiger partial charge in [0.15, 0.2) is 24.8 Å². The molecule has 1 aliphatic heterocycles. The van der Waals surface area contributed by atoms with Gasteiger partial charge in [0.25, 0.3) is 11.8 Å². The maximum absolute atomic E-state index is 13.1. The second-order valence-electron chi connectivity index (χ2n) is 7.86. The van der Waals surface area contributed by atoms with Gasteiger partial charge in [-0.05, 0) is 68.4 Å². The number of ether oxygens (including phenoxy) is 2. The van der Waals surface area contributed by atoms with Crippen LogP contribution in [0.2, 0.25) is 0 Å². The van der Waals surface area contributed by atoms with E-state index in [9.17, 15) is 18.8 Å². The molecule has 2 heterocycles. The first-order valence-corrected chi connectivity index (χ1v) is 11.3. The molecule has 182 valence electrons. The standard InChI is InChI=1S/C26H25FN2O6/c1-3-28(4-2)26(32)24-12-10-20(35-24)14-29-21-13-17(5-11-23(21)34-16-25(29)31)22(30)15-33-19-8-6-18(27)7-9-19/h5-13H,3-4,14-16H2,1-2H3. The highest BCUT2D eigenvalue weighted by atomic mass is 19.1. The van der Waals surface area contributed by atoms with E-state index in [1.165, 1.54) is 29.2 Å². The smallest absolute Gasteiger partial charge is 0.289 e. The van der Waals surface area contributed by atoms with Crippen LogP contribution in [-0.4, -0.2) is 48.8 Å². The Kier molecular flexibility index (Phi) is 7.14. The normalized spacial score (nSPS) is 12.7. The van der Waals surface area contributed by atoms with E-state index in [0.29, 0.717) is 41.6 Å². The molecule has 2 aromatic carbocycles. The van der Waals surface area contributed by atoms with E-state index >= 15 is 0 Å². The third-order valence-electron chi connectivity index (χ3n) is 5.64. The molecule has 35 heavy (non-hydrogen) atoms. The Bertz CT molecular complexity index is 1230. The Labute approximate surface area is 201 Å². The van der Waals surface area contributed by atoms with Gasteiger partial charge in [-0.1, -0.05) is 0 Å². The van der Waals surface area contributed by atoms with Crippen LogP contribution in [0.5, 0.6) is 11.5 Å². The first kappa shape index (κ1) is 24.0. The van der Waals surface area contributed by atoms with E-state index in [2.05, 4.69) is 0 Å². The molecule has 0 aliphatic carbocycles. The molecular weight excluding hydrogens is 455 g/mol. The van der Waals surface area contributed by atoms with Gasteiger partial charge < -0.3 is 18.8 Å². The Morgan fingerprint density at radius 2 is 1.80 bits per heavy atom. The van der Waals surface area contributed by atoms with Gasteiger partial charge in [0, 0.05) is 18.7 Å². The summed E-state index contributed by atoms with van der Waals surface area (Å²) in [6.07, 6.45) is 0. The number of hydrogen-bond donors (Lipinski definition) is 0. The Morgan fingerprint density at radius 3 is 2.51 bits per heavy atom. The van der Waals surface area contributed by atoms with Gasteiger partial charge in [-0.2, -0.15) is 0 Å². The molecule has 0 saturated carbocycles. The zero-order chi connectivity index (χ0) is 24.9. The molecule has 0 spiro atoms. The number of amides is 2. The summed E-state index contributed by atoms with van der Waals surface area (Å²) in [5, 5.41) is 0. The maximum Gasteiger partial charge on any atom is 0.289 e. The molecule has 9 heteroatoms. The van der Waals surface area contributed by atoms with Crippen LogP contribution in [0.25, 0.3) is 0 Å². The highest BCUT2D eigenvalue weighted by Crippen LogP contribution is 2.34. The van der Waals surface area contributed by atoms with Crippen molar-refractivity contribution in [3.63, 3.8) is 0 Å². The minimum Gasteiger partial charge on any atom is -0.485 e. The SMILES string of the molecule is CCN(CC)C(=O)c1ccc(CN2C(=O)COc3ccc(C(=O)COc4ccc(F)cc4)cc32)o1. The fourth-order valence-corrected chi connectivity index (χ4v) is 3.71. The molecule has 0 N–H and O–H groups in total. The van der Waals surface area contributed by atoms with E-state index < -0.39 is 5.82 Å². The molecule has 0 fully saturated rings. The summed E-state index contributed by atoms with van der Waals surface area (Å²) in [7, 11) is 0. The summed E-state index contributed by atoms with van der Waals surface area (Å²) in [4.78, 5) is 41.0. The van der Waals surface area contributed by atoms with Gasteiger partial charge >= 0.3 is 0 Å². The van der Waals surface area contributed by atoms with Crippen molar-refractivity contribution < 1.29 is 32.7 Å². The lowest BCUT2D eigenvalue weighted by Crippen LogP contribution is -2.38. The third kappa shape index (κ3) is 5.34. The number of furan rings is 1. The van der Waals surface area contributed by atoms with Gasteiger partial charge in [-0.15, -0.1) is 0 Å². The predicted octanol–water partition coefficient (Wildman–Crippen LogP) is 4.09. The number of fused-ring (bicyclic) bond motifs is 1. The van der Waals surface area contributed by atoms with E-state index in [-0.39, 0.29) is 43.1 Å². The van der Waals surface area contributed by atoms with Crippen LogP contribution in [0.15, 0.2) is 59.0 Å². The van der Waals surface area contributed by atoms with Crippen LogP contribution in [0.4, 0.5) is 10.1 Å². The van der Waals surface area contributed by atoms with Crippen LogP contribution in [0.3, 0.4) is 0 Å². The number of anilines is 1. The first-order chi connectivity index (χ1) is 16.9. The molecule has 0 saturated heterocycles. The Hall–Kier alpha value is -4.14. The largest absolute Gasteiger partial charge is 0.485 e. The predicted molar refractivity (Wildman–Crippen MR) is 125 cm³/mol. The number of halogens is 1. The van der Waals surface area contributed by atoms with Crippen molar-refractivity contribution in [1.82, 2.24) is 4.90 Å². The minimum absolute atomic E-state index is 0.0739. The van der Waals surface area contributed by atoms with Crippen molar-refractivity contribution in [2.24, 2.45) is 0 Å². The summed E-state index contributed by atoms with van der Waals surface area (Å²) in [6, 6.07) is 13.4. The zero-order valence-corrected chi connectivity index (χ0v) is 19.5. The maximum atomic E-state index is 13.1. The monoisotopic (exact) mass is 480 g/mol. The molecule has 4 rings (SSSR count). The van der Waals surface area contributed by atoms with Crippen molar-refractivity contribution in [2.75, 3.05) is 31.2 Å². The average molecular weight is 480 g/mol. The summed E-state index contributed by atoms with van der Waals surface area (Å²) < 4.78 is 29.8. The number of nitrogens with zero attached hydrogens (tertiary/aromatic N) is 2. The van der Waals surface area contributed by atoms with Crippen LogP contribution in [-0.2, 0) is 11.3 Å². The molecule has 0 radical (unpaired) electrons. The lowest BCUT2D eigenvalue weighted by molar-refractivity contribution is -0.121. The molecule has 3 aromatic rings. The molecule has 2 amide bonds. The number of carbonyl (C=O) groups excluding carboxylic acids is 3. The molecule has 8 nitrogen and oxygen atoms in total. The molecular formula is C26H25FN2O6. The zero-order valence-electron chi connectivity index (χ0n) is 19.5. The lowest BCUT2D eigenvalue weighted by Gasteiger charge is -2.29. The highest BCUT2D eigenvalue weighted by molar-refractivity contribution is 6.02. The van der Waals surface area contributed by atoms with E-state index in [4.69, 9.17) is 13.9 Å². The van der Waals surface area contributed by atoms with Gasteiger partial charge in [-0.25, -0.2) is 4.39 Å².